The highest BCUT2D eigenvalue weighted by Crippen LogP contribution is 2.27. The lowest BCUT2D eigenvalue weighted by Gasteiger charge is -2.32. The molecule has 0 unspecified atom stereocenters. The summed E-state index contributed by atoms with van der Waals surface area (Å²) in [7, 11) is -3.30. The molecule has 0 heterocycles. The Hall–Kier alpha value is -1.60. The van der Waals surface area contributed by atoms with Gasteiger partial charge in [0.15, 0.2) is 0 Å². The van der Waals surface area contributed by atoms with Crippen LogP contribution in [0.15, 0.2) is 29.4 Å². The fraction of sp³-hybridized carbons (Fsp3) is 0.650. The van der Waals surface area contributed by atoms with Crippen molar-refractivity contribution >= 4 is 21.4 Å². The Morgan fingerprint density at radius 2 is 1.93 bits per heavy atom. The van der Waals surface area contributed by atoms with Gasteiger partial charge in [0.2, 0.25) is 10.0 Å². The first-order valence-corrected chi connectivity index (χ1v) is 11.2. The zero-order valence-corrected chi connectivity index (χ0v) is 17.6. The van der Waals surface area contributed by atoms with Gasteiger partial charge in [0.05, 0.1) is 10.5 Å². The van der Waals surface area contributed by atoms with Crippen LogP contribution in [0.25, 0.3) is 0 Å². The zero-order chi connectivity index (χ0) is 20.1. The monoisotopic (exact) mass is 395 g/mol. The van der Waals surface area contributed by atoms with Crippen molar-refractivity contribution < 1.29 is 13.6 Å². The first-order chi connectivity index (χ1) is 12.7. The van der Waals surface area contributed by atoms with Crippen molar-refractivity contribution in [3.8, 4) is 0 Å². The van der Waals surface area contributed by atoms with Gasteiger partial charge in [-0.1, -0.05) is 24.2 Å². The molecule has 0 spiro atoms. The van der Waals surface area contributed by atoms with Crippen molar-refractivity contribution in [1.82, 2.24) is 4.72 Å². The molecule has 0 amide bonds. The van der Waals surface area contributed by atoms with Crippen molar-refractivity contribution in [2.75, 3.05) is 11.9 Å². The van der Waals surface area contributed by atoms with E-state index >= 15 is 0 Å². The summed E-state index contributed by atoms with van der Waals surface area (Å²) in [6.45, 7) is 8.09. The SMILES string of the molecule is CCC(C)(C)S(=O)(=O)NC1CCC(CNc2cccc(/C(C)=N/O)c2)CC1. The van der Waals surface area contributed by atoms with E-state index in [0.717, 1.165) is 43.5 Å². The first-order valence-electron chi connectivity index (χ1n) is 9.73. The van der Waals surface area contributed by atoms with Crippen molar-refractivity contribution in [2.45, 2.75) is 70.6 Å². The Morgan fingerprint density at radius 1 is 1.26 bits per heavy atom. The van der Waals surface area contributed by atoms with Gasteiger partial charge in [-0.25, -0.2) is 13.1 Å². The number of oxime groups is 1. The topological polar surface area (TPSA) is 90.8 Å². The van der Waals surface area contributed by atoms with Crippen molar-refractivity contribution in [1.29, 1.82) is 0 Å². The van der Waals surface area contributed by atoms with Crippen LogP contribution in [0.2, 0.25) is 0 Å². The van der Waals surface area contributed by atoms with Crippen LogP contribution in [-0.4, -0.2) is 36.7 Å². The van der Waals surface area contributed by atoms with E-state index in [9.17, 15) is 8.42 Å². The van der Waals surface area contributed by atoms with E-state index in [1.807, 2.05) is 31.2 Å². The van der Waals surface area contributed by atoms with E-state index in [2.05, 4.69) is 15.2 Å². The summed E-state index contributed by atoms with van der Waals surface area (Å²) in [5.41, 5.74) is 2.48. The molecular formula is C20H33N3O3S. The van der Waals surface area contributed by atoms with Gasteiger partial charge in [0, 0.05) is 23.8 Å². The maximum Gasteiger partial charge on any atom is 0.217 e. The van der Waals surface area contributed by atoms with Crippen molar-refractivity contribution in [3.05, 3.63) is 29.8 Å². The molecule has 0 radical (unpaired) electrons. The smallest absolute Gasteiger partial charge is 0.217 e. The molecule has 1 aromatic rings. The third-order valence-corrected chi connectivity index (χ3v) is 8.16. The highest BCUT2D eigenvalue weighted by atomic mass is 32.2. The molecule has 3 N–H and O–H groups in total. The van der Waals surface area contributed by atoms with Crippen LogP contribution in [0, 0.1) is 5.92 Å². The quantitative estimate of drug-likeness (QED) is 0.353. The van der Waals surface area contributed by atoms with Crippen LogP contribution < -0.4 is 10.0 Å². The van der Waals surface area contributed by atoms with Gasteiger partial charge < -0.3 is 10.5 Å². The molecule has 1 aliphatic rings. The van der Waals surface area contributed by atoms with Crippen LogP contribution in [0.4, 0.5) is 5.69 Å². The Bertz CT molecular complexity index is 751. The Balaban J connectivity index is 1.83. The summed E-state index contributed by atoms with van der Waals surface area (Å²) in [4.78, 5) is 0. The lowest BCUT2D eigenvalue weighted by Crippen LogP contribution is -2.47. The maximum absolute atomic E-state index is 12.5. The average Bonchev–Trinajstić information content (AvgIpc) is 2.66. The number of nitrogens with one attached hydrogen (secondary N) is 2. The third-order valence-electron chi connectivity index (χ3n) is 5.77. The minimum Gasteiger partial charge on any atom is -0.411 e. The molecule has 0 saturated heterocycles. The minimum atomic E-state index is -3.30. The van der Waals surface area contributed by atoms with Crippen LogP contribution in [0.1, 0.15) is 65.4 Å². The molecule has 0 aliphatic heterocycles. The summed E-state index contributed by atoms with van der Waals surface area (Å²) in [6.07, 6.45) is 4.36. The second-order valence-corrected chi connectivity index (χ2v) is 10.4. The second-order valence-electron chi connectivity index (χ2n) is 8.10. The van der Waals surface area contributed by atoms with E-state index in [0.29, 0.717) is 18.1 Å². The summed E-state index contributed by atoms with van der Waals surface area (Å²) in [5.74, 6) is 0.529. The lowest BCUT2D eigenvalue weighted by atomic mass is 9.86. The molecule has 1 aliphatic carbocycles. The highest BCUT2D eigenvalue weighted by Gasteiger charge is 2.35. The maximum atomic E-state index is 12.5. The fourth-order valence-electron chi connectivity index (χ4n) is 3.23. The summed E-state index contributed by atoms with van der Waals surface area (Å²) < 4.78 is 27.2. The summed E-state index contributed by atoms with van der Waals surface area (Å²) >= 11 is 0. The number of hydrogen-bond acceptors (Lipinski definition) is 5. The Morgan fingerprint density at radius 3 is 2.52 bits per heavy atom. The van der Waals surface area contributed by atoms with E-state index in [1.165, 1.54) is 0 Å². The zero-order valence-electron chi connectivity index (χ0n) is 16.8. The van der Waals surface area contributed by atoms with Crippen molar-refractivity contribution in [2.24, 2.45) is 11.1 Å². The van der Waals surface area contributed by atoms with Crippen LogP contribution in [0.3, 0.4) is 0 Å². The van der Waals surface area contributed by atoms with Gasteiger partial charge in [-0.05, 0) is 70.9 Å². The molecule has 1 fully saturated rings. The number of hydrogen-bond donors (Lipinski definition) is 3. The predicted octanol–water partition coefficient (Wildman–Crippen LogP) is 3.96. The molecule has 6 nitrogen and oxygen atoms in total. The molecule has 7 heteroatoms. The molecule has 2 rings (SSSR count). The van der Waals surface area contributed by atoms with Gasteiger partial charge in [0.1, 0.15) is 0 Å². The average molecular weight is 396 g/mol. The van der Waals surface area contributed by atoms with Gasteiger partial charge in [0.25, 0.3) is 0 Å². The lowest BCUT2D eigenvalue weighted by molar-refractivity contribution is 0.319. The van der Waals surface area contributed by atoms with E-state index in [4.69, 9.17) is 5.21 Å². The molecular weight excluding hydrogens is 362 g/mol. The van der Waals surface area contributed by atoms with Crippen molar-refractivity contribution in [3.63, 3.8) is 0 Å². The summed E-state index contributed by atoms with van der Waals surface area (Å²) in [6, 6.07) is 7.87. The number of anilines is 1. The van der Waals surface area contributed by atoms with E-state index in [1.54, 1.807) is 20.8 Å². The highest BCUT2D eigenvalue weighted by molar-refractivity contribution is 7.90. The minimum absolute atomic E-state index is 0.0452. The normalized spacial score (nSPS) is 21.9. The number of rotatable bonds is 8. The number of sulfonamides is 1. The number of benzene rings is 1. The molecule has 1 saturated carbocycles. The van der Waals surface area contributed by atoms with Gasteiger partial charge in [-0.15, -0.1) is 0 Å². The second kappa shape index (κ2) is 9.06. The molecule has 0 bridgehead atoms. The summed E-state index contributed by atoms with van der Waals surface area (Å²) in [5, 5.41) is 15.6. The van der Waals surface area contributed by atoms with Gasteiger partial charge in [-0.3, -0.25) is 0 Å². The fourth-order valence-corrected chi connectivity index (χ4v) is 4.60. The molecule has 27 heavy (non-hydrogen) atoms. The molecule has 1 aromatic carbocycles. The first kappa shape index (κ1) is 21.7. The third kappa shape index (κ3) is 5.69. The molecule has 152 valence electrons. The van der Waals surface area contributed by atoms with E-state index < -0.39 is 14.8 Å². The van der Waals surface area contributed by atoms with E-state index in [-0.39, 0.29) is 6.04 Å². The van der Waals surface area contributed by atoms with Crippen LogP contribution in [-0.2, 0) is 10.0 Å². The van der Waals surface area contributed by atoms with Crippen LogP contribution >= 0.6 is 0 Å². The largest absolute Gasteiger partial charge is 0.411 e. The predicted molar refractivity (Wildman–Crippen MR) is 111 cm³/mol. The molecule has 0 atom stereocenters. The van der Waals surface area contributed by atoms with Crippen LogP contribution in [0.5, 0.6) is 0 Å². The van der Waals surface area contributed by atoms with Gasteiger partial charge >= 0.3 is 0 Å². The van der Waals surface area contributed by atoms with Gasteiger partial charge in [-0.2, -0.15) is 0 Å². The number of nitrogens with zero attached hydrogens (tertiary/aromatic N) is 1. The molecule has 0 aromatic heterocycles. The Labute approximate surface area is 163 Å². The standard InChI is InChI=1S/C20H33N3O3S/c1-5-20(3,4)27(25,26)23-18-11-9-16(10-12-18)14-21-19-8-6-7-17(13-19)15(2)22-24/h6-8,13,16,18,21,23-24H,5,9-12,14H2,1-4H3/b22-15+. The Kier molecular flexibility index (Phi) is 7.28.